The number of halogens is 1. The largest absolute Gasteiger partial charge is 0.494 e. The van der Waals surface area contributed by atoms with Crippen LogP contribution >= 0.6 is 0 Å². The molecule has 0 radical (unpaired) electrons. The summed E-state index contributed by atoms with van der Waals surface area (Å²) in [6.07, 6.45) is 0.749. The van der Waals surface area contributed by atoms with E-state index in [1.165, 1.54) is 13.2 Å². The van der Waals surface area contributed by atoms with Crippen molar-refractivity contribution in [2.45, 2.75) is 20.3 Å². The molecule has 4 heteroatoms. The fraction of sp³-hybridized carbons (Fsp3) is 0.533. The molecule has 0 amide bonds. The predicted molar refractivity (Wildman–Crippen MR) is 73.5 cm³/mol. The Balaban J connectivity index is 2.53. The average Bonchev–Trinajstić information content (AvgIpc) is 2.36. The molecule has 0 heterocycles. The Bertz CT molecular complexity index is 466. The maximum absolute atomic E-state index is 13.5. The highest BCUT2D eigenvalue weighted by Crippen LogP contribution is 2.19. The zero-order valence-electron chi connectivity index (χ0n) is 12.0. The Labute approximate surface area is 114 Å². The Hall–Kier alpha value is -1.60. The molecule has 0 bridgehead atoms. The summed E-state index contributed by atoms with van der Waals surface area (Å²) in [5.74, 6) is -0.0669. The summed E-state index contributed by atoms with van der Waals surface area (Å²) in [7, 11) is 3.43. The van der Waals surface area contributed by atoms with Crippen LogP contribution in [0.25, 0.3) is 0 Å². The minimum Gasteiger partial charge on any atom is -0.494 e. The second-order valence-corrected chi connectivity index (χ2v) is 5.45. The van der Waals surface area contributed by atoms with Crippen molar-refractivity contribution in [3.8, 4) is 11.8 Å². The van der Waals surface area contributed by atoms with Crippen molar-refractivity contribution in [3.63, 3.8) is 0 Å². The lowest BCUT2D eigenvalue weighted by atomic mass is 9.95. The maximum atomic E-state index is 13.5. The first-order chi connectivity index (χ1) is 8.88. The van der Waals surface area contributed by atoms with Gasteiger partial charge in [0.15, 0.2) is 11.6 Å². The summed E-state index contributed by atoms with van der Waals surface area (Å²) in [4.78, 5) is 2.09. The summed E-state index contributed by atoms with van der Waals surface area (Å²) >= 11 is 0. The first kappa shape index (κ1) is 15.5. The highest BCUT2D eigenvalue weighted by molar-refractivity contribution is 5.29. The number of hydrogen-bond acceptors (Lipinski definition) is 3. The van der Waals surface area contributed by atoms with Crippen molar-refractivity contribution in [3.05, 3.63) is 29.6 Å². The third-order valence-electron chi connectivity index (χ3n) is 2.97. The van der Waals surface area contributed by atoms with E-state index >= 15 is 0 Å². The number of benzene rings is 1. The van der Waals surface area contributed by atoms with Gasteiger partial charge in [-0.1, -0.05) is 6.07 Å². The van der Waals surface area contributed by atoms with Crippen molar-refractivity contribution in [1.29, 1.82) is 5.26 Å². The van der Waals surface area contributed by atoms with Crippen LogP contribution in [0.3, 0.4) is 0 Å². The van der Waals surface area contributed by atoms with Gasteiger partial charge in [-0.2, -0.15) is 5.26 Å². The smallest absolute Gasteiger partial charge is 0.165 e. The molecular formula is C15H21FN2O. The highest BCUT2D eigenvalue weighted by atomic mass is 19.1. The Morgan fingerprint density at radius 1 is 1.42 bits per heavy atom. The molecule has 0 aliphatic carbocycles. The van der Waals surface area contributed by atoms with E-state index in [1.54, 1.807) is 6.07 Å². The lowest BCUT2D eigenvalue weighted by Crippen LogP contribution is -2.31. The van der Waals surface area contributed by atoms with Crippen LogP contribution in [0.5, 0.6) is 5.75 Å². The third-order valence-corrected chi connectivity index (χ3v) is 2.97. The number of nitriles is 1. The third kappa shape index (κ3) is 4.88. The van der Waals surface area contributed by atoms with Gasteiger partial charge in [0.2, 0.25) is 0 Å². The van der Waals surface area contributed by atoms with Crippen molar-refractivity contribution in [2.24, 2.45) is 5.41 Å². The maximum Gasteiger partial charge on any atom is 0.165 e. The SMILES string of the molecule is COc1ccc(CCN(C)CC(C)(C)C#N)cc1F. The molecule has 1 aromatic carbocycles. The number of ether oxygens (including phenoxy) is 1. The van der Waals surface area contributed by atoms with Gasteiger partial charge >= 0.3 is 0 Å². The molecule has 0 fully saturated rings. The molecule has 0 atom stereocenters. The molecule has 0 aromatic heterocycles. The molecule has 3 nitrogen and oxygen atoms in total. The Kier molecular flexibility index (Phi) is 5.31. The lowest BCUT2D eigenvalue weighted by Gasteiger charge is -2.24. The number of nitrogens with zero attached hydrogens (tertiary/aromatic N) is 2. The van der Waals surface area contributed by atoms with Gasteiger partial charge in [0.25, 0.3) is 0 Å². The molecule has 0 aliphatic heterocycles. The molecule has 104 valence electrons. The number of hydrogen-bond donors (Lipinski definition) is 0. The van der Waals surface area contributed by atoms with E-state index in [0.29, 0.717) is 6.54 Å². The van der Waals surface area contributed by atoms with E-state index in [0.717, 1.165) is 18.5 Å². The molecule has 0 aliphatic rings. The van der Waals surface area contributed by atoms with E-state index in [-0.39, 0.29) is 17.0 Å². The standard InChI is InChI=1S/C15H21FN2O/c1-15(2,10-17)11-18(3)8-7-12-5-6-14(19-4)13(16)9-12/h5-6,9H,7-8,11H2,1-4H3. The summed E-state index contributed by atoms with van der Waals surface area (Å²) < 4.78 is 18.4. The lowest BCUT2D eigenvalue weighted by molar-refractivity contribution is 0.258. The number of likely N-dealkylation sites (N-methyl/N-ethyl adjacent to an activating group) is 1. The molecule has 19 heavy (non-hydrogen) atoms. The van der Waals surface area contributed by atoms with Crippen LogP contribution < -0.4 is 4.74 Å². The topological polar surface area (TPSA) is 36.3 Å². The van der Waals surface area contributed by atoms with E-state index in [4.69, 9.17) is 10.00 Å². The van der Waals surface area contributed by atoms with Crippen molar-refractivity contribution in [1.82, 2.24) is 4.90 Å². The second-order valence-electron chi connectivity index (χ2n) is 5.45. The summed E-state index contributed by atoms with van der Waals surface area (Å²) in [5.41, 5.74) is 0.569. The van der Waals surface area contributed by atoms with Gasteiger partial charge in [0.05, 0.1) is 18.6 Å². The molecule has 0 spiro atoms. The van der Waals surface area contributed by atoms with Crippen LogP contribution in [0, 0.1) is 22.6 Å². The van der Waals surface area contributed by atoms with Crippen LogP contribution in [0.1, 0.15) is 19.4 Å². The minimum atomic E-state index is -0.361. The average molecular weight is 264 g/mol. The van der Waals surface area contributed by atoms with Gasteiger partial charge in [-0.05, 0) is 45.0 Å². The van der Waals surface area contributed by atoms with Gasteiger partial charge < -0.3 is 9.64 Å². The molecule has 0 saturated heterocycles. The molecule has 1 rings (SSSR count). The van der Waals surface area contributed by atoms with E-state index in [2.05, 4.69) is 11.0 Å². The molecular weight excluding hydrogens is 243 g/mol. The molecule has 0 unspecified atom stereocenters. The van der Waals surface area contributed by atoms with Crippen molar-refractivity contribution in [2.75, 3.05) is 27.2 Å². The first-order valence-electron chi connectivity index (χ1n) is 6.30. The van der Waals surface area contributed by atoms with Crippen LogP contribution in [0.4, 0.5) is 4.39 Å². The Morgan fingerprint density at radius 3 is 2.63 bits per heavy atom. The predicted octanol–water partition coefficient (Wildman–Crippen LogP) is 2.86. The van der Waals surface area contributed by atoms with Crippen LogP contribution in [0.2, 0.25) is 0 Å². The van der Waals surface area contributed by atoms with Gasteiger partial charge in [-0.3, -0.25) is 0 Å². The van der Waals surface area contributed by atoms with Gasteiger partial charge in [-0.15, -0.1) is 0 Å². The quantitative estimate of drug-likeness (QED) is 0.792. The van der Waals surface area contributed by atoms with E-state index < -0.39 is 0 Å². The second kappa shape index (κ2) is 6.53. The van der Waals surface area contributed by atoms with Crippen LogP contribution in [-0.4, -0.2) is 32.1 Å². The Morgan fingerprint density at radius 2 is 2.11 bits per heavy atom. The normalized spacial score (nSPS) is 11.4. The van der Waals surface area contributed by atoms with Gasteiger partial charge in [0, 0.05) is 13.1 Å². The summed E-state index contributed by atoms with van der Waals surface area (Å²) in [6, 6.07) is 7.29. The molecule has 1 aromatic rings. The van der Waals surface area contributed by atoms with E-state index in [9.17, 15) is 4.39 Å². The molecule has 0 N–H and O–H groups in total. The van der Waals surface area contributed by atoms with Crippen LogP contribution in [0.15, 0.2) is 18.2 Å². The number of methoxy groups -OCH3 is 1. The minimum absolute atomic E-state index is 0.266. The van der Waals surface area contributed by atoms with Gasteiger partial charge in [-0.25, -0.2) is 4.39 Å². The zero-order valence-corrected chi connectivity index (χ0v) is 12.0. The number of rotatable bonds is 6. The van der Waals surface area contributed by atoms with Crippen LogP contribution in [-0.2, 0) is 6.42 Å². The fourth-order valence-electron chi connectivity index (χ4n) is 1.97. The van der Waals surface area contributed by atoms with Crippen molar-refractivity contribution < 1.29 is 9.13 Å². The fourth-order valence-corrected chi connectivity index (χ4v) is 1.97. The first-order valence-corrected chi connectivity index (χ1v) is 6.30. The molecule has 0 saturated carbocycles. The summed E-state index contributed by atoms with van der Waals surface area (Å²) in [6.45, 7) is 5.31. The zero-order chi connectivity index (χ0) is 14.5. The monoisotopic (exact) mass is 264 g/mol. The van der Waals surface area contributed by atoms with Gasteiger partial charge in [0.1, 0.15) is 0 Å². The summed E-state index contributed by atoms with van der Waals surface area (Å²) in [5, 5.41) is 8.98. The van der Waals surface area contributed by atoms with E-state index in [1.807, 2.05) is 27.0 Å². The highest BCUT2D eigenvalue weighted by Gasteiger charge is 2.18. The van der Waals surface area contributed by atoms with Crippen molar-refractivity contribution >= 4 is 0 Å².